The van der Waals surface area contributed by atoms with Gasteiger partial charge in [0, 0.05) is 19.2 Å². The van der Waals surface area contributed by atoms with Gasteiger partial charge in [-0.1, -0.05) is 43.3 Å². The highest BCUT2D eigenvalue weighted by Crippen LogP contribution is 2.06. The Balaban J connectivity index is 2.13. The van der Waals surface area contributed by atoms with Crippen LogP contribution in [-0.2, 0) is 6.42 Å². The van der Waals surface area contributed by atoms with Gasteiger partial charge in [0.05, 0.1) is 11.4 Å². The van der Waals surface area contributed by atoms with Gasteiger partial charge in [-0.3, -0.25) is 10.4 Å². The highest BCUT2D eigenvalue weighted by Gasteiger charge is 2.07. The third-order valence-electron chi connectivity index (χ3n) is 3.00. The predicted octanol–water partition coefficient (Wildman–Crippen LogP) is 2.90. The van der Waals surface area contributed by atoms with E-state index in [2.05, 4.69) is 39.9 Å². The van der Waals surface area contributed by atoms with Crippen LogP contribution in [0.4, 0.5) is 0 Å². The Morgan fingerprint density at radius 1 is 1.14 bits per heavy atom. The molecule has 0 atom stereocenters. The van der Waals surface area contributed by atoms with Gasteiger partial charge in [0.2, 0.25) is 0 Å². The van der Waals surface area contributed by atoms with Crippen molar-refractivity contribution in [2.24, 2.45) is 5.10 Å². The standard InChI is InChI=1S/C17H20N4S/c1-2-11-19-17(22)21-20-16(15-10-6-7-12-18-15)13-14-8-4-3-5-9-14/h3-10,12H,2,11,13H2,1H3,(H2,19,21,22)/b20-16+. The fraction of sp³-hybridized carbons (Fsp3) is 0.235. The summed E-state index contributed by atoms with van der Waals surface area (Å²) in [5.74, 6) is 0. The van der Waals surface area contributed by atoms with E-state index < -0.39 is 0 Å². The van der Waals surface area contributed by atoms with Crippen molar-refractivity contribution in [3.05, 3.63) is 66.0 Å². The van der Waals surface area contributed by atoms with E-state index in [1.54, 1.807) is 6.20 Å². The SMILES string of the molecule is CCCNC(=S)N/N=C(\Cc1ccccc1)c1ccccn1. The Morgan fingerprint density at radius 3 is 2.59 bits per heavy atom. The molecule has 2 N–H and O–H groups in total. The molecule has 0 aliphatic rings. The molecule has 2 aromatic rings. The summed E-state index contributed by atoms with van der Waals surface area (Å²) in [4.78, 5) is 4.38. The highest BCUT2D eigenvalue weighted by atomic mass is 32.1. The van der Waals surface area contributed by atoms with E-state index in [1.165, 1.54) is 5.56 Å². The molecule has 0 amide bonds. The Morgan fingerprint density at radius 2 is 1.91 bits per heavy atom. The van der Waals surface area contributed by atoms with E-state index in [1.807, 2.05) is 36.4 Å². The predicted molar refractivity (Wildman–Crippen MR) is 94.9 cm³/mol. The van der Waals surface area contributed by atoms with Crippen LogP contribution >= 0.6 is 12.2 Å². The minimum Gasteiger partial charge on any atom is -0.361 e. The maximum Gasteiger partial charge on any atom is 0.186 e. The average molecular weight is 312 g/mol. The van der Waals surface area contributed by atoms with E-state index in [-0.39, 0.29) is 0 Å². The average Bonchev–Trinajstić information content (AvgIpc) is 2.58. The summed E-state index contributed by atoms with van der Waals surface area (Å²) in [7, 11) is 0. The smallest absolute Gasteiger partial charge is 0.186 e. The largest absolute Gasteiger partial charge is 0.361 e. The molecule has 0 bridgehead atoms. The first-order valence-electron chi connectivity index (χ1n) is 7.35. The fourth-order valence-corrected chi connectivity index (χ4v) is 2.05. The lowest BCUT2D eigenvalue weighted by atomic mass is 10.1. The van der Waals surface area contributed by atoms with Gasteiger partial charge in [-0.05, 0) is 36.3 Å². The monoisotopic (exact) mass is 312 g/mol. The van der Waals surface area contributed by atoms with Gasteiger partial charge < -0.3 is 5.32 Å². The number of nitrogens with zero attached hydrogens (tertiary/aromatic N) is 2. The lowest BCUT2D eigenvalue weighted by Gasteiger charge is -2.09. The quantitative estimate of drug-likeness (QED) is 0.489. The second kappa shape index (κ2) is 8.89. The van der Waals surface area contributed by atoms with Gasteiger partial charge in [0.1, 0.15) is 0 Å². The molecule has 0 aliphatic heterocycles. The molecule has 1 aromatic carbocycles. The van der Waals surface area contributed by atoms with Crippen molar-refractivity contribution >= 4 is 23.0 Å². The topological polar surface area (TPSA) is 49.3 Å². The maximum atomic E-state index is 5.20. The number of thiocarbonyl (C=S) groups is 1. The molecule has 1 heterocycles. The van der Waals surface area contributed by atoms with Crippen LogP contribution in [-0.4, -0.2) is 22.4 Å². The number of hydrogen-bond acceptors (Lipinski definition) is 3. The molecular weight excluding hydrogens is 292 g/mol. The number of benzene rings is 1. The summed E-state index contributed by atoms with van der Waals surface area (Å²) in [5, 5.41) is 8.07. The number of hydrogen-bond donors (Lipinski definition) is 2. The van der Waals surface area contributed by atoms with Crippen LogP contribution in [0.1, 0.15) is 24.6 Å². The molecule has 0 fully saturated rings. The van der Waals surface area contributed by atoms with Gasteiger partial charge in [0.15, 0.2) is 5.11 Å². The van der Waals surface area contributed by atoms with Gasteiger partial charge >= 0.3 is 0 Å². The van der Waals surface area contributed by atoms with Crippen molar-refractivity contribution in [3.63, 3.8) is 0 Å². The first-order chi connectivity index (χ1) is 10.8. The molecule has 5 heteroatoms. The van der Waals surface area contributed by atoms with Crippen LogP contribution in [0.15, 0.2) is 59.8 Å². The molecule has 1 aromatic heterocycles. The normalized spacial score (nSPS) is 11.0. The Bertz CT molecular complexity index is 611. The molecule has 0 radical (unpaired) electrons. The minimum absolute atomic E-state index is 0.531. The van der Waals surface area contributed by atoms with Crippen molar-refractivity contribution in [3.8, 4) is 0 Å². The molecule has 2 rings (SSSR count). The first kappa shape index (κ1) is 16.1. The molecular formula is C17H20N4S. The van der Waals surface area contributed by atoms with Crippen LogP contribution in [0.25, 0.3) is 0 Å². The maximum absolute atomic E-state index is 5.20. The zero-order valence-electron chi connectivity index (χ0n) is 12.6. The van der Waals surface area contributed by atoms with E-state index in [0.29, 0.717) is 11.5 Å². The second-order valence-electron chi connectivity index (χ2n) is 4.80. The minimum atomic E-state index is 0.531. The molecule has 0 saturated heterocycles. The summed E-state index contributed by atoms with van der Waals surface area (Å²) < 4.78 is 0. The molecule has 0 saturated carbocycles. The van der Waals surface area contributed by atoms with Crippen molar-refractivity contribution in [1.82, 2.24) is 15.7 Å². The van der Waals surface area contributed by atoms with Crippen LogP contribution in [0.5, 0.6) is 0 Å². The summed E-state index contributed by atoms with van der Waals surface area (Å²) >= 11 is 5.20. The molecule has 114 valence electrons. The lowest BCUT2D eigenvalue weighted by molar-refractivity contribution is 0.815. The van der Waals surface area contributed by atoms with Crippen molar-refractivity contribution in [2.75, 3.05) is 6.54 Å². The number of pyridine rings is 1. The van der Waals surface area contributed by atoms with E-state index in [0.717, 1.165) is 24.4 Å². The highest BCUT2D eigenvalue weighted by molar-refractivity contribution is 7.80. The zero-order chi connectivity index (χ0) is 15.6. The van der Waals surface area contributed by atoms with E-state index >= 15 is 0 Å². The van der Waals surface area contributed by atoms with Gasteiger partial charge in [-0.25, -0.2) is 0 Å². The van der Waals surface area contributed by atoms with Gasteiger partial charge in [-0.15, -0.1) is 0 Å². The third kappa shape index (κ3) is 5.26. The van der Waals surface area contributed by atoms with Gasteiger partial charge in [-0.2, -0.15) is 5.10 Å². The van der Waals surface area contributed by atoms with Crippen LogP contribution in [0.2, 0.25) is 0 Å². The Labute approximate surface area is 136 Å². The Kier molecular flexibility index (Phi) is 6.51. The van der Waals surface area contributed by atoms with Gasteiger partial charge in [0.25, 0.3) is 0 Å². The van der Waals surface area contributed by atoms with Crippen LogP contribution < -0.4 is 10.7 Å². The molecule has 0 unspecified atom stereocenters. The summed E-state index contributed by atoms with van der Waals surface area (Å²) in [5.41, 5.74) is 5.78. The first-order valence-corrected chi connectivity index (χ1v) is 7.76. The Hall–Kier alpha value is -2.27. The zero-order valence-corrected chi connectivity index (χ0v) is 13.4. The molecule has 0 spiro atoms. The number of hydrazone groups is 1. The number of nitrogens with one attached hydrogen (secondary N) is 2. The molecule has 4 nitrogen and oxygen atoms in total. The van der Waals surface area contributed by atoms with E-state index in [4.69, 9.17) is 12.2 Å². The van der Waals surface area contributed by atoms with Crippen molar-refractivity contribution in [2.45, 2.75) is 19.8 Å². The van der Waals surface area contributed by atoms with Crippen LogP contribution in [0.3, 0.4) is 0 Å². The van der Waals surface area contributed by atoms with Crippen molar-refractivity contribution < 1.29 is 0 Å². The number of rotatable bonds is 6. The fourth-order valence-electron chi connectivity index (χ4n) is 1.91. The van der Waals surface area contributed by atoms with Crippen molar-refractivity contribution in [1.29, 1.82) is 0 Å². The summed E-state index contributed by atoms with van der Waals surface area (Å²) in [6.07, 6.45) is 3.48. The van der Waals surface area contributed by atoms with Crippen LogP contribution in [0, 0.1) is 0 Å². The molecule has 22 heavy (non-hydrogen) atoms. The molecule has 0 aliphatic carbocycles. The summed E-state index contributed by atoms with van der Waals surface area (Å²) in [6.45, 7) is 2.92. The summed E-state index contributed by atoms with van der Waals surface area (Å²) in [6, 6.07) is 16.0. The second-order valence-corrected chi connectivity index (χ2v) is 5.21. The number of aromatic nitrogens is 1. The van der Waals surface area contributed by atoms with E-state index in [9.17, 15) is 0 Å². The third-order valence-corrected chi connectivity index (χ3v) is 3.24. The lowest BCUT2D eigenvalue weighted by Crippen LogP contribution is -2.33.